The van der Waals surface area contributed by atoms with Crippen molar-refractivity contribution in [3.05, 3.63) is 23.9 Å². The molecule has 1 aromatic rings. The Balaban J connectivity index is 2.18. The first-order chi connectivity index (χ1) is 7.99. The molecular formula is C14H22N2O. The van der Waals surface area contributed by atoms with Crippen LogP contribution in [0.3, 0.4) is 0 Å². The Morgan fingerprint density at radius 1 is 1.35 bits per heavy atom. The molecule has 1 N–H and O–H groups in total. The van der Waals surface area contributed by atoms with Gasteiger partial charge in [-0.3, -0.25) is 0 Å². The first kappa shape index (κ1) is 12.4. The third kappa shape index (κ3) is 2.78. The molecule has 1 aliphatic heterocycles. The Labute approximate surface area is 103 Å². The van der Waals surface area contributed by atoms with Crippen molar-refractivity contribution in [2.24, 2.45) is 5.41 Å². The number of hydrogen-bond acceptors (Lipinski definition) is 3. The number of anilines is 1. The Morgan fingerprint density at radius 2 is 2.00 bits per heavy atom. The number of nitrogens with zero attached hydrogens (tertiary/aromatic N) is 2. The maximum Gasteiger partial charge on any atom is 0.134 e. The van der Waals surface area contributed by atoms with Crippen molar-refractivity contribution in [2.75, 3.05) is 18.0 Å². The van der Waals surface area contributed by atoms with E-state index in [1.54, 1.807) is 13.1 Å². The zero-order valence-corrected chi connectivity index (χ0v) is 11.0. The molecule has 0 bridgehead atoms. The summed E-state index contributed by atoms with van der Waals surface area (Å²) >= 11 is 0. The topological polar surface area (TPSA) is 36.4 Å². The second-order valence-corrected chi connectivity index (χ2v) is 5.74. The van der Waals surface area contributed by atoms with Crippen LogP contribution in [0.5, 0.6) is 0 Å². The lowest BCUT2D eigenvalue weighted by Gasteiger charge is -2.38. The number of aromatic nitrogens is 1. The molecule has 3 heteroatoms. The van der Waals surface area contributed by atoms with E-state index in [0.29, 0.717) is 5.41 Å². The zero-order valence-electron chi connectivity index (χ0n) is 11.0. The van der Waals surface area contributed by atoms with E-state index in [4.69, 9.17) is 0 Å². The lowest BCUT2D eigenvalue weighted by Crippen LogP contribution is -2.38. The van der Waals surface area contributed by atoms with Crippen LogP contribution < -0.4 is 4.90 Å². The monoisotopic (exact) mass is 234 g/mol. The van der Waals surface area contributed by atoms with E-state index < -0.39 is 6.10 Å². The van der Waals surface area contributed by atoms with Gasteiger partial charge < -0.3 is 10.0 Å². The van der Waals surface area contributed by atoms with Gasteiger partial charge in [-0.2, -0.15) is 0 Å². The Morgan fingerprint density at radius 3 is 2.59 bits per heavy atom. The van der Waals surface area contributed by atoms with Crippen LogP contribution in [-0.2, 0) is 0 Å². The molecule has 1 atom stereocenters. The van der Waals surface area contributed by atoms with Crippen LogP contribution in [0.2, 0.25) is 0 Å². The van der Waals surface area contributed by atoms with Crippen molar-refractivity contribution >= 4 is 5.82 Å². The van der Waals surface area contributed by atoms with E-state index in [2.05, 4.69) is 23.7 Å². The van der Waals surface area contributed by atoms with Gasteiger partial charge in [0.1, 0.15) is 5.82 Å². The molecule has 2 rings (SSSR count). The predicted octanol–water partition coefficient (Wildman–Crippen LogP) is 2.76. The molecule has 0 aromatic carbocycles. The minimum Gasteiger partial charge on any atom is -0.389 e. The van der Waals surface area contributed by atoms with Crippen LogP contribution in [0.4, 0.5) is 5.82 Å². The molecule has 1 aliphatic rings. The minimum absolute atomic E-state index is 0.441. The minimum atomic E-state index is -0.450. The molecule has 2 heterocycles. The summed E-state index contributed by atoms with van der Waals surface area (Å²) < 4.78 is 0. The van der Waals surface area contributed by atoms with Crippen LogP contribution in [0, 0.1) is 5.41 Å². The maximum atomic E-state index is 9.77. The highest BCUT2D eigenvalue weighted by Crippen LogP contribution is 2.33. The molecule has 1 aromatic heterocycles. The first-order valence-electron chi connectivity index (χ1n) is 6.37. The molecule has 0 aliphatic carbocycles. The van der Waals surface area contributed by atoms with E-state index in [1.807, 2.05) is 12.1 Å². The standard InChI is InChI=1S/C14H22N2O/c1-11(17)12-5-4-8-15-13(12)16-9-6-14(2,3)7-10-16/h4-5,8,11,17H,6-7,9-10H2,1-3H3/t11-/m0/s1. The van der Waals surface area contributed by atoms with Crippen molar-refractivity contribution < 1.29 is 5.11 Å². The number of aliphatic hydroxyl groups excluding tert-OH is 1. The summed E-state index contributed by atoms with van der Waals surface area (Å²) in [4.78, 5) is 6.74. The van der Waals surface area contributed by atoms with Gasteiger partial charge in [-0.1, -0.05) is 19.9 Å². The van der Waals surface area contributed by atoms with Crippen LogP contribution in [0.1, 0.15) is 45.3 Å². The lowest BCUT2D eigenvalue weighted by molar-refractivity contribution is 0.198. The molecule has 0 spiro atoms. The largest absolute Gasteiger partial charge is 0.389 e. The molecule has 0 radical (unpaired) electrons. The summed E-state index contributed by atoms with van der Waals surface area (Å²) in [6, 6.07) is 3.85. The van der Waals surface area contributed by atoms with Crippen molar-refractivity contribution in [2.45, 2.75) is 39.7 Å². The van der Waals surface area contributed by atoms with Crippen LogP contribution in [0.25, 0.3) is 0 Å². The SMILES string of the molecule is C[C@H](O)c1cccnc1N1CCC(C)(C)CC1. The van der Waals surface area contributed by atoms with Crippen molar-refractivity contribution in [1.82, 2.24) is 4.98 Å². The fourth-order valence-corrected chi connectivity index (χ4v) is 2.32. The van der Waals surface area contributed by atoms with Gasteiger partial charge in [-0.25, -0.2) is 4.98 Å². The molecular weight excluding hydrogens is 212 g/mol. The van der Waals surface area contributed by atoms with E-state index >= 15 is 0 Å². The number of piperidine rings is 1. The third-order valence-electron chi connectivity index (χ3n) is 3.68. The molecule has 0 amide bonds. The van der Waals surface area contributed by atoms with E-state index in [1.165, 1.54) is 12.8 Å². The zero-order chi connectivity index (χ0) is 12.5. The summed E-state index contributed by atoms with van der Waals surface area (Å²) in [7, 11) is 0. The number of pyridine rings is 1. The van der Waals surface area contributed by atoms with Gasteiger partial charge in [0.15, 0.2) is 0 Å². The molecule has 94 valence electrons. The summed E-state index contributed by atoms with van der Waals surface area (Å²) in [5.41, 5.74) is 1.38. The second kappa shape index (κ2) is 4.65. The van der Waals surface area contributed by atoms with Crippen molar-refractivity contribution in [3.8, 4) is 0 Å². The fourth-order valence-electron chi connectivity index (χ4n) is 2.32. The van der Waals surface area contributed by atoms with Gasteiger partial charge in [-0.15, -0.1) is 0 Å². The summed E-state index contributed by atoms with van der Waals surface area (Å²) in [5, 5.41) is 9.77. The average Bonchev–Trinajstić information content (AvgIpc) is 2.29. The molecule has 1 saturated heterocycles. The molecule has 1 fully saturated rings. The normalized spacial score (nSPS) is 21.3. The van der Waals surface area contributed by atoms with Crippen LogP contribution >= 0.6 is 0 Å². The summed E-state index contributed by atoms with van der Waals surface area (Å²) in [5.74, 6) is 0.956. The van der Waals surface area contributed by atoms with E-state index in [0.717, 1.165) is 24.5 Å². The summed E-state index contributed by atoms with van der Waals surface area (Å²) in [6.07, 6.45) is 3.72. The maximum absolute atomic E-state index is 9.77. The lowest BCUT2D eigenvalue weighted by atomic mass is 9.82. The highest BCUT2D eigenvalue weighted by atomic mass is 16.3. The Bertz CT molecular complexity index is 378. The van der Waals surface area contributed by atoms with Crippen molar-refractivity contribution in [3.63, 3.8) is 0 Å². The van der Waals surface area contributed by atoms with E-state index in [9.17, 15) is 5.11 Å². The third-order valence-corrected chi connectivity index (χ3v) is 3.68. The van der Waals surface area contributed by atoms with Crippen molar-refractivity contribution in [1.29, 1.82) is 0 Å². The van der Waals surface area contributed by atoms with Gasteiger partial charge in [0.05, 0.1) is 6.10 Å². The average molecular weight is 234 g/mol. The fraction of sp³-hybridized carbons (Fsp3) is 0.643. The van der Waals surface area contributed by atoms with Crippen LogP contribution in [-0.4, -0.2) is 23.2 Å². The second-order valence-electron chi connectivity index (χ2n) is 5.74. The van der Waals surface area contributed by atoms with Gasteiger partial charge >= 0.3 is 0 Å². The molecule has 0 saturated carbocycles. The summed E-state index contributed by atoms with van der Waals surface area (Å²) in [6.45, 7) is 8.50. The number of aliphatic hydroxyl groups is 1. The molecule has 3 nitrogen and oxygen atoms in total. The van der Waals surface area contributed by atoms with E-state index in [-0.39, 0.29) is 0 Å². The molecule has 17 heavy (non-hydrogen) atoms. The van der Waals surface area contributed by atoms with Gasteiger partial charge in [0, 0.05) is 24.8 Å². The molecule has 0 unspecified atom stereocenters. The smallest absolute Gasteiger partial charge is 0.134 e. The Kier molecular flexibility index (Phi) is 3.38. The van der Waals surface area contributed by atoms with Gasteiger partial charge in [0.2, 0.25) is 0 Å². The first-order valence-corrected chi connectivity index (χ1v) is 6.37. The van der Waals surface area contributed by atoms with Gasteiger partial charge in [-0.05, 0) is 31.2 Å². The number of rotatable bonds is 2. The highest BCUT2D eigenvalue weighted by Gasteiger charge is 2.27. The number of hydrogen-bond donors (Lipinski definition) is 1. The van der Waals surface area contributed by atoms with Gasteiger partial charge in [0.25, 0.3) is 0 Å². The van der Waals surface area contributed by atoms with Crippen LogP contribution in [0.15, 0.2) is 18.3 Å². The quantitative estimate of drug-likeness (QED) is 0.854. The highest BCUT2D eigenvalue weighted by molar-refractivity contribution is 5.48. The Hall–Kier alpha value is -1.09. The predicted molar refractivity (Wildman–Crippen MR) is 70.1 cm³/mol.